The Morgan fingerprint density at radius 1 is 1.29 bits per heavy atom. The first-order chi connectivity index (χ1) is 17.8. The Balaban J connectivity index is 1.73. The molecule has 0 aromatic carbocycles. The summed E-state index contributed by atoms with van der Waals surface area (Å²) in [5.74, 6) is -0.426. The van der Waals surface area contributed by atoms with E-state index in [1.807, 2.05) is 13.8 Å². The lowest BCUT2D eigenvalue weighted by atomic mass is 9.49. The molecule has 1 heterocycles. The molecule has 0 amide bonds. The van der Waals surface area contributed by atoms with Gasteiger partial charge in [0, 0.05) is 13.5 Å². The third kappa shape index (κ3) is 3.87. The Morgan fingerprint density at radius 2 is 1.97 bits per heavy atom. The zero-order valence-electron chi connectivity index (χ0n) is 24.7. The van der Waals surface area contributed by atoms with Gasteiger partial charge in [-0.25, -0.2) is 0 Å². The second-order valence-corrected chi connectivity index (χ2v) is 13.6. The van der Waals surface area contributed by atoms with Crippen molar-refractivity contribution in [3.63, 3.8) is 0 Å². The second kappa shape index (κ2) is 9.91. The molecule has 4 rings (SSSR count). The lowest BCUT2D eigenvalue weighted by Gasteiger charge is -2.58. The topological polar surface area (TPSA) is 78.9 Å². The molecule has 1 aliphatic heterocycles. The highest BCUT2D eigenvalue weighted by molar-refractivity contribution is 5.74. The normalized spacial score (nSPS) is 44.6. The number of carbonyl (C=O) groups is 3. The number of fused-ring (bicyclic) bond motifs is 3. The lowest BCUT2D eigenvalue weighted by Crippen LogP contribution is -2.57. The Labute approximate surface area is 228 Å². The predicted octanol–water partition coefficient (Wildman–Crippen LogP) is 6.08. The summed E-state index contributed by atoms with van der Waals surface area (Å²) in [5.41, 5.74) is 0.918. The van der Waals surface area contributed by atoms with Crippen molar-refractivity contribution in [1.82, 2.24) is 0 Å². The average Bonchev–Trinajstić information content (AvgIpc) is 3.42. The van der Waals surface area contributed by atoms with Crippen molar-refractivity contribution in [1.29, 1.82) is 0 Å². The van der Waals surface area contributed by atoms with Gasteiger partial charge in [0.15, 0.2) is 0 Å². The molecule has 0 aromatic rings. The number of methoxy groups -OCH3 is 2. The van der Waals surface area contributed by atoms with Crippen molar-refractivity contribution in [3.8, 4) is 0 Å². The Hall–Kier alpha value is -1.95. The number of rotatable bonds is 9. The van der Waals surface area contributed by atoms with E-state index in [0.29, 0.717) is 18.8 Å². The number of hydrogen-bond donors (Lipinski definition) is 0. The Morgan fingerprint density at radius 3 is 2.50 bits per heavy atom. The van der Waals surface area contributed by atoms with Crippen LogP contribution in [0.2, 0.25) is 0 Å². The monoisotopic (exact) mass is 528 g/mol. The Bertz CT molecular complexity index is 1030. The predicted molar refractivity (Wildman–Crippen MR) is 146 cm³/mol. The molecule has 1 saturated heterocycles. The van der Waals surface area contributed by atoms with Crippen LogP contribution >= 0.6 is 0 Å². The number of allylic oxidation sites excluding steroid dienone is 2. The van der Waals surface area contributed by atoms with E-state index in [4.69, 9.17) is 14.2 Å². The molecule has 3 fully saturated rings. The second-order valence-electron chi connectivity index (χ2n) is 13.6. The molecule has 0 N–H and O–H groups in total. The highest BCUT2D eigenvalue weighted by atomic mass is 16.6. The molecule has 6 nitrogen and oxygen atoms in total. The van der Waals surface area contributed by atoms with Crippen LogP contribution in [0.25, 0.3) is 0 Å². The third-order valence-corrected chi connectivity index (χ3v) is 11.9. The fourth-order valence-electron chi connectivity index (χ4n) is 9.63. The van der Waals surface area contributed by atoms with Gasteiger partial charge in [0.05, 0.1) is 18.9 Å². The zero-order valence-corrected chi connectivity index (χ0v) is 24.7. The summed E-state index contributed by atoms with van der Waals surface area (Å²) in [6, 6.07) is 0. The van der Waals surface area contributed by atoms with Gasteiger partial charge in [-0.3, -0.25) is 9.59 Å². The maximum atomic E-state index is 13.0. The van der Waals surface area contributed by atoms with E-state index in [9.17, 15) is 14.4 Å². The number of carbonyl (C=O) groups excluding carboxylic acids is 3. The number of esters is 2. The van der Waals surface area contributed by atoms with Gasteiger partial charge in [-0.05, 0) is 85.0 Å². The first-order valence-corrected chi connectivity index (χ1v) is 14.4. The number of ether oxygens (including phenoxy) is 3. The molecule has 6 heteroatoms. The molecule has 0 spiro atoms. The van der Waals surface area contributed by atoms with Crippen molar-refractivity contribution in [2.45, 2.75) is 98.2 Å². The quantitative estimate of drug-likeness (QED) is 0.205. The minimum Gasteiger partial charge on any atom is -0.469 e. The fraction of sp³-hybridized carbons (Fsp3) is 0.781. The largest absolute Gasteiger partial charge is 0.469 e. The van der Waals surface area contributed by atoms with E-state index >= 15 is 0 Å². The van der Waals surface area contributed by atoms with Crippen LogP contribution in [0.1, 0.15) is 86.5 Å². The summed E-state index contributed by atoms with van der Waals surface area (Å²) in [4.78, 5) is 37.3. The molecule has 0 radical (unpaired) electrons. The summed E-state index contributed by atoms with van der Waals surface area (Å²) < 4.78 is 17.3. The van der Waals surface area contributed by atoms with E-state index in [1.165, 1.54) is 12.7 Å². The summed E-state index contributed by atoms with van der Waals surface area (Å²) in [7, 11) is 3.18. The van der Waals surface area contributed by atoms with Crippen molar-refractivity contribution >= 4 is 18.2 Å². The van der Waals surface area contributed by atoms with Crippen LogP contribution in [-0.4, -0.2) is 44.1 Å². The van der Waals surface area contributed by atoms with Gasteiger partial charge in [0.2, 0.25) is 0 Å². The van der Waals surface area contributed by atoms with Crippen LogP contribution in [0.3, 0.4) is 0 Å². The zero-order chi connectivity index (χ0) is 28.3. The van der Waals surface area contributed by atoms with Gasteiger partial charge in [0.25, 0.3) is 0 Å². The summed E-state index contributed by atoms with van der Waals surface area (Å²) in [5, 5.41) is 0. The standard InChI is InChI=1S/C32H48O6/c1-19(2)27-23(18-33)32(37-9)24(29(27,5)13-12-26(34)36-8)10-15-31(7)25(32)11-14-30(31,6)21(4)17-22-16-20(3)28(35)38-22/h11,18,20-24,27H,1,10,12-17H2,2-9H3/t20-,21-,22+,23-,24+,27-,29-,30+,31-,32-/m1/s1. The number of cyclic esters (lactones) is 1. The molecule has 0 unspecified atom stereocenters. The molecule has 0 aromatic heterocycles. The van der Waals surface area contributed by atoms with Crippen LogP contribution in [0.4, 0.5) is 0 Å². The molecular weight excluding hydrogens is 480 g/mol. The number of hydrogen-bond acceptors (Lipinski definition) is 6. The van der Waals surface area contributed by atoms with Crippen molar-refractivity contribution in [3.05, 3.63) is 23.8 Å². The molecule has 4 aliphatic rings. The highest BCUT2D eigenvalue weighted by Crippen LogP contribution is 2.74. The Kier molecular flexibility index (Phi) is 7.57. The van der Waals surface area contributed by atoms with Crippen LogP contribution in [-0.2, 0) is 28.6 Å². The summed E-state index contributed by atoms with van der Waals surface area (Å²) >= 11 is 0. The van der Waals surface area contributed by atoms with Crippen LogP contribution < -0.4 is 0 Å². The smallest absolute Gasteiger partial charge is 0.309 e. The number of aldehydes is 1. The van der Waals surface area contributed by atoms with Crippen molar-refractivity contribution in [2.24, 2.45) is 45.8 Å². The van der Waals surface area contributed by atoms with E-state index in [1.54, 1.807) is 7.11 Å². The maximum absolute atomic E-state index is 13.0. The minimum absolute atomic E-state index is 0.0337. The van der Waals surface area contributed by atoms with Gasteiger partial charge in [-0.15, -0.1) is 0 Å². The third-order valence-electron chi connectivity index (χ3n) is 11.9. The van der Waals surface area contributed by atoms with Crippen molar-refractivity contribution in [2.75, 3.05) is 14.2 Å². The minimum atomic E-state index is -0.741. The summed E-state index contributed by atoms with van der Waals surface area (Å²) in [6.45, 7) is 17.6. The lowest BCUT2D eigenvalue weighted by molar-refractivity contribution is -0.146. The van der Waals surface area contributed by atoms with Crippen molar-refractivity contribution < 1.29 is 28.6 Å². The maximum Gasteiger partial charge on any atom is 0.309 e. The van der Waals surface area contributed by atoms with Gasteiger partial charge in [0.1, 0.15) is 18.0 Å². The van der Waals surface area contributed by atoms with Gasteiger partial charge in [-0.2, -0.15) is 0 Å². The van der Waals surface area contributed by atoms with E-state index in [-0.39, 0.29) is 58.0 Å². The molecule has 10 atom stereocenters. The van der Waals surface area contributed by atoms with Crippen LogP contribution in [0.15, 0.2) is 23.8 Å². The van der Waals surface area contributed by atoms with E-state index < -0.39 is 5.60 Å². The first kappa shape index (κ1) is 29.0. The summed E-state index contributed by atoms with van der Waals surface area (Å²) in [6.07, 6.45) is 8.79. The van der Waals surface area contributed by atoms with Gasteiger partial charge in [-0.1, -0.05) is 52.8 Å². The van der Waals surface area contributed by atoms with E-state index in [0.717, 1.165) is 44.0 Å². The van der Waals surface area contributed by atoms with Gasteiger partial charge >= 0.3 is 11.9 Å². The molecule has 3 aliphatic carbocycles. The first-order valence-electron chi connectivity index (χ1n) is 14.4. The SMILES string of the molecule is C=C(C)[C@@H]1[C@@H](C=O)[C@]2(OC)C3=CC[C@@](C)([C@H](C)C[C@@H]4C[C@@H](C)C(=O)O4)[C@]3(C)CC[C@H]2[C@@]1(C)CCC(=O)OC. The van der Waals surface area contributed by atoms with Crippen LogP contribution in [0.5, 0.6) is 0 Å². The molecular formula is C32H48O6. The molecule has 38 heavy (non-hydrogen) atoms. The van der Waals surface area contributed by atoms with Crippen LogP contribution in [0, 0.1) is 45.8 Å². The molecule has 0 bridgehead atoms. The fourth-order valence-corrected chi connectivity index (χ4v) is 9.63. The van der Waals surface area contributed by atoms with Gasteiger partial charge < -0.3 is 19.0 Å². The highest BCUT2D eigenvalue weighted by Gasteiger charge is 2.73. The average molecular weight is 529 g/mol. The van der Waals surface area contributed by atoms with E-state index in [2.05, 4.69) is 40.3 Å². The molecule has 212 valence electrons. The molecule has 2 saturated carbocycles.